The minimum absolute atomic E-state index is 0.0324. The monoisotopic (exact) mass is 384 g/mol. The summed E-state index contributed by atoms with van der Waals surface area (Å²) in [7, 11) is 1.66. The molecule has 1 unspecified atom stereocenters. The fourth-order valence-corrected chi connectivity index (χ4v) is 2.61. The Morgan fingerprint density at radius 3 is 2.43 bits per heavy atom. The zero-order chi connectivity index (χ0) is 20.3. The summed E-state index contributed by atoms with van der Waals surface area (Å²) < 4.78 is 28.2. The van der Waals surface area contributed by atoms with Gasteiger partial charge in [-0.2, -0.15) is 5.10 Å². The van der Waals surface area contributed by atoms with Gasteiger partial charge in [-0.15, -0.1) is 0 Å². The minimum Gasteiger partial charge on any atom is -0.339 e. The van der Waals surface area contributed by atoms with Crippen LogP contribution in [0.2, 0.25) is 0 Å². The first kappa shape index (κ1) is 19.2. The number of anilines is 1. The Bertz CT molecular complexity index is 1020. The third-order valence-corrected chi connectivity index (χ3v) is 4.13. The molecule has 3 aromatic rings. The molecule has 0 fully saturated rings. The number of hydrogen-bond acceptors (Lipinski definition) is 3. The van der Waals surface area contributed by atoms with Crippen LogP contribution >= 0.6 is 0 Å². The molecule has 2 aromatic carbocycles. The fraction of sp³-hybridized carbons (Fsp3) is 0.150. The molecule has 28 heavy (non-hydrogen) atoms. The molecule has 0 saturated carbocycles. The van der Waals surface area contributed by atoms with Crippen molar-refractivity contribution in [3.05, 3.63) is 71.9 Å². The Kier molecular flexibility index (Phi) is 5.49. The van der Waals surface area contributed by atoms with Crippen LogP contribution in [0.4, 0.5) is 14.5 Å². The topological polar surface area (TPSA) is 76.0 Å². The van der Waals surface area contributed by atoms with E-state index in [1.807, 2.05) is 0 Å². The second-order valence-corrected chi connectivity index (χ2v) is 6.21. The predicted octanol–water partition coefficient (Wildman–Crippen LogP) is 3.12. The highest BCUT2D eigenvalue weighted by Gasteiger charge is 2.20. The highest BCUT2D eigenvalue weighted by atomic mass is 19.1. The zero-order valence-electron chi connectivity index (χ0n) is 15.2. The van der Waals surface area contributed by atoms with E-state index in [2.05, 4.69) is 15.7 Å². The maximum atomic E-state index is 13.6. The van der Waals surface area contributed by atoms with Gasteiger partial charge in [0.15, 0.2) is 5.69 Å². The van der Waals surface area contributed by atoms with E-state index in [4.69, 9.17) is 0 Å². The predicted molar refractivity (Wildman–Crippen MR) is 101 cm³/mol. The van der Waals surface area contributed by atoms with Crippen LogP contribution in [0.5, 0.6) is 0 Å². The highest BCUT2D eigenvalue weighted by Crippen LogP contribution is 2.20. The number of nitrogens with zero attached hydrogens (tertiary/aromatic N) is 2. The van der Waals surface area contributed by atoms with Crippen LogP contribution in [0, 0.1) is 11.6 Å². The van der Waals surface area contributed by atoms with Crippen molar-refractivity contribution < 1.29 is 18.4 Å². The second-order valence-electron chi connectivity index (χ2n) is 6.21. The number of carbonyl (C=O) groups is 2. The Morgan fingerprint density at radius 2 is 1.75 bits per heavy atom. The van der Waals surface area contributed by atoms with E-state index in [0.29, 0.717) is 11.3 Å². The third-order valence-electron chi connectivity index (χ3n) is 4.13. The third kappa shape index (κ3) is 4.22. The number of aromatic nitrogens is 2. The Morgan fingerprint density at radius 1 is 1.07 bits per heavy atom. The van der Waals surface area contributed by atoms with Crippen LogP contribution in [0.1, 0.15) is 17.4 Å². The molecular formula is C20H18F2N4O2. The lowest BCUT2D eigenvalue weighted by Crippen LogP contribution is -2.41. The number of amides is 2. The molecule has 0 aliphatic carbocycles. The lowest BCUT2D eigenvalue weighted by Gasteiger charge is -2.13. The summed E-state index contributed by atoms with van der Waals surface area (Å²) in [4.78, 5) is 24.6. The molecule has 2 amide bonds. The van der Waals surface area contributed by atoms with E-state index >= 15 is 0 Å². The van der Waals surface area contributed by atoms with Gasteiger partial charge in [0.05, 0.1) is 11.4 Å². The summed E-state index contributed by atoms with van der Waals surface area (Å²) >= 11 is 0. The fourth-order valence-electron chi connectivity index (χ4n) is 2.61. The van der Waals surface area contributed by atoms with Gasteiger partial charge in [-0.05, 0) is 55.0 Å². The normalized spacial score (nSPS) is 11.7. The highest BCUT2D eigenvalue weighted by molar-refractivity contribution is 6.00. The van der Waals surface area contributed by atoms with Crippen LogP contribution in [0.15, 0.2) is 54.6 Å². The molecule has 8 heteroatoms. The van der Waals surface area contributed by atoms with Crippen molar-refractivity contribution in [2.24, 2.45) is 7.05 Å². The van der Waals surface area contributed by atoms with Crippen LogP contribution in [-0.2, 0) is 11.8 Å². The average molecular weight is 384 g/mol. The minimum atomic E-state index is -0.914. The summed E-state index contributed by atoms with van der Waals surface area (Å²) in [5.74, 6) is -2.05. The van der Waals surface area contributed by atoms with Crippen molar-refractivity contribution in [3.63, 3.8) is 0 Å². The molecule has 3 rings (SSSR count). The Hall–Kier alpha value is -3.55. The maximum Gasteiger partial charge on any atom is 0.272 e. The lowest BCUT2D eigenvalue weighted by atomic mass is 10.1. The van der Waals surface area contributed by atoms with Gasteiger partial charge in [0.2, 0.25) is 5.91 Å². The molecule has 1 heterocycles. The Labute approximate surface area is 160 Å². The number of hydrogen-bond donors (Lipinski definition) is 2. The van der Waals surface area contributed by atoms with Crippen molar-refractivity contribution in [2.75, 3.05) is 5.32 Å². The molecule has 0 aliphatic heterocycles. The van der Waals surface area contributed by atoms with Crippen molar-refractivity contribution >= 4 is 17.5 Å². The molecule has 0 aliphatic rings. The van der Waals surface area contributed by atoms with Gasteiger partial charge in [-0.3, -0.25) is 14.3 Å². The molecule has 0 saturated heterocycles. The van der Waals surface area contributed by atoms with E-state index in [0.717, 1.165) is 0 Å². The average Bonchev–Trinajstić information content (AvgIpc) is 3.06. The van der Waals surface area contributed by atoms with E-state index in [9.17, 15) is 18.4 Å². The molecule has 6 nitrogen and oxygen atoms in total. The first-order valence-corrected chi connectivity index (χ1v) is 8.51. The number of halogens is 2. The molecule has 0 spiro atoms. The van der Waals surface area contributed by atoms with Crippen molar-refractivity contribution in [1.29, 1.82) is 0 Å². The van der Waals surface area contributed by atoms with Gasteiger partial charge in [0, 0.05) is 7.05 Å². The number of benzene rings is 2. The van der Waals surface area contributed by atoms with E-state index in [-0.39, 0.29) is 17.2 Å². The summed E-state index contributed by atoms with van der Waals surface area (Å²) in [6.07, 6.45) is 0. The molecule has 0 bridgehead atoms. The number of para-hydroxylation sites is 1. The van der Waals surface area contributed by atoms with Gasteiger partial charge in [-0.1, -0.05) is 12.1 Å². The van der Waals surface area contributed by atoms with E-state index in [1.165, 1.54) is 41.9 Å². The summed E-state index contributed by atoms with van der Waals surface area (Å²) in [6, 6.07) is 12.2. The van der Waals surface area contributed by atoms with E-state index in [1.54, 1.807) is 31.3 Å². The first-order valence-electron chi connectivity index (χ1n) is 8.51. The van der Waals surface area contributed by atoms with Gasteiger partial charge < -0.3 is 10.6 Å². The lowest BCUT2D eigenvalue weighted by molar-refractivity contribution is -0.117. The van der Waals surface area contributed by atoms with Crippen LogP contribution in [0.25, 0.3) is 11.3 Å². The van der Waals surface area contributed by atoms with Crippen LogP contribution in [0.3, 0.4) is 0 Å². The first-order chi connectivity index (χ1) is 13.3. The molecule has 2 N–H and O–H groups in total. The van der Waals surface area contributed by atoms with Crippen LogP contribution in [-0.4, -0.2) is 27.6 Å². The van der Waals surface area contributed by atoms with Crippen molar-refractivity contribution in [2.45, 2.75) is 13.0 Å². The van der Waals surface area contributed by atoms with Crippen molar-refractivity contribution in [1.82, 2.24) is 15.1 Å². The summed E-state index contributed by atoms with van der Waals surface area (Å²) in [5, 5.41) is 9.09. The number of carbonyl (C=O) groups excluding carboxylic acids is 2. The van der Waals surface area contributed by atoms with Crippen LogP contribution < -0.4 is 10.6 Å². The quantitative estimate of drug-likeness (QED) is 0.710. The number of nitrogens with one attached hydrogen (secondary N) is 2. The standard InChI is InChI=1S/C20H18F2N4O2/c1-12(19(27)24-16-6-4-3-5-15(16)22)23-20(28)17-11-18(26(2)25-17)13-7-9-14(21)10-8-13/h3-12H,1-2H3,(H,23,28)(H,24,27). The van der Waals surface area contributed by atoms with Gasteiger partial charge in [0.25, 0.3) is 5.91 Å². The zero-order valence-corrected chi connectivity index (χ0v) is 15.2. The summed E-state index contributed by atoms with van der Waals surface area (Å²) in [6.45, 7) is 1.48. The van der Waals surface area contributed by atoms with E-state index < -0.39 is 23.7 Å². The van der Waals surface area contributed by atoms with Crippen molar-refractivity contribution in [3.8, 4) is 11.3 Å². The molecule has 144 valence electrons. The molecular weight excluding hydrogens is 366 g/mol. The SMILES string of the molecule is CC(NC(=O)c1cc(-c2ccc(F)cc2)n(C)n1)C(=O)Nc1ccccc1F. The summed E-state index contributed by atoms with van der Waals surface area (Å²) in [5.41, 5.74) is 1.45. The maximum absolute atomic E-state index is 13.6. The molecule has 0 radical (unpaired) electrons. The largest absolute Gasteiger partial charge is 0.339 e. The molecule has 1 atom stereocenters. The molecule has 1 aromatic heterocycles. The number of aryl methyl sites for hydroxylation is 1. The van der Waals surface area contributed by atoms with Gasteiger partial charge in [0.1, 0.15) is 17.7 Å². The second kappa shape index (κ2) is 7.99. The Balaban J connectivity index is 1.69. The van der Waals surface area contributed by atoms with Gasteiger partial charge >= 0.3 is 0 Å². The van der Waals surface area contributed by atoms with Gasteiger partial charge in [-0.25, -0.2) is 8.78 Å². The smallest absolute Gasteiger partial charge is 0.272 e. The number of rotatable bonds is 5.